The average molecular weight is 186 g/mol. The number of carbonyl (C=O) groups is 1. The van der Waals surface area contributed by atoms with Crippen LogP contribution in [0.2, 0.25) is 0 Å². The van der Waals surface area contributed by atoms with Crippen molar-refractivity contribution in [3.05, 3.63) is 12.2 Å². The molecule has 0 amide bonds. The van der Waals surface area contributed by atoms with E-state index < -0.39 is 0 Å². The SMILES string of the molecule is CC/C=C/CC(=O)OC[N+](C)(C)C. The number of hydrogen-bond donors (Lipinski definition) is 0. The molecular formula is C10H20NO2+. The summed E-state index contributed by atoms with van der Waals surface area (Å²) in [4.78, 5) is 11.1. The van der Waals surface area contributed by atoms with Gasteiger partial charge < -0.3 is 4.74 Å². The molecule has 0 bridgehead atoms. The third kappa shape index (κ3) is 9.08. The van der Waals surface area contributed by atoms with Crippen LogP contribution in [-0.2, 0) is 9.53 Å². The van der Waals surface area contributed by atoms with Gasteiger partial charge in [0, 0.05) is 0 Å². The highest BCUT2D eigenvalue weighted by molar-refractivity contribution is 5.70. The van der Waals surface area contributed by atoms with Gasteiger partial charge in [-0.2, -0.15) is 0 Å². The molecule has 76 valence electrons. The molecule has 0 aliphatic heterocycles. The van der Waals surface area contributed by atoms with Gasteiger partial charge >= 0.3 is 5.97 Å². The number of esters is 1. The number of quaternary nitrogens is 1. The van der Waals surface area contributed by atoms with Crippen LogP contribution in [0, 0.1) is 0 Å². The summed E-state index contributed by atoms with van der Waals surface area (Å²) in [5, 5.41) is 0. The first-order valence-corrected chi connectivity index (χ1v) is 4.57. The summed E-state index contributed by atoms with van der Waals surface area (Å²) in [7, 11) is 5.94. The highest BCUT2D eigenvalue weighted by Gasteiger charge is 2.09. The van der Waals surface area contributed by atoms with Gasteiger partial charge in [0.25, 0.3) is 0 Å². The summed E-state index contributed by atoms with van der Waals surface area (Å²) in [6.45, 7) is 2.46. The second kappa shape index (κ2) is 5.75. The zero-order valence-electron chi connectivity index (χ0n) is 9.04. The van der Waals surface area contributed by atoms with Crippen molar-refractivity contribution in [1.29, 1.82) is 0 Å². The molecule has 0 heterocycles. The van der Waals surface area contributed by atoms with Crippen LogP contribution >= 0.6 is 0 Å². The van der Waals surface area contributed by atoms with Gasteiger partial charge in [-0.15, -0.1) is 0 Å². The van der Waals surface area contributed by atoms with Crippen LogP contribution in [-0.4, -0.2) is 38.3 Å². The van der Waals surface area contributed by atoms with E-state index in [1.54, 1.807) is 0 Å². The number of allylic oxidation sites excluding steroid dienone is 1. The molecule has 0 aromatic carbocycles. The summed E-state index contributed by atoms with van der Waals surface area (Å²) in [5.41, 5.74) is 0. The minimum Gasteiger partial charge on any atom is -0.415 e. The van der Waals surface area contributed by atoms with Gasteiger partial charge in [-0.05, 0) is 6.42 Å². The fourth-order valence-corrected chi connectivity index (χ4v) is 0.671. The van der Waals surface area contributed by atoms with Gasteiger partial charge in [-0.3, -0.25) is 9.28 Å². The van der Waals surface area contributed by atoms with Crippen molar-refractivity contribution in [2.75, 3.05) is 27.9 Å². The van der Waals surface area contributed by atoms with E-state index in [1.807, 2.05) is 40.2 Å². The standard InChI is InChI=1S/C10H20NO2/c1-5-6-7-8-10(12)13-9-11(2,3)4/h6-7H,5,8-9H2,1-4H3/q+1/b7-6+. The normalized spacial score (nSPS) is 12.0. The third-order valence-electron chi connectivity index (χ3n) is 1.30. The summed E-state index contributed by atoms with van der Waals surface area (Å²) in [6.07, 6.45) is 5.15. The average Bonchev–Trinajstić information content (AvgIpc) is 2.00. The molecule has 13 heavy (non-hydrogen) atoms. The lowest BCUT2D eigenvalue weighted by molar-refractivity contribution is -0.888. The van der Waals surface area contributed by atoms with Crippen molar-refractivity contribution >= 4 is 5.97 Å². The zero-order chi connectivity index (χ0) is 10.3. The number of rotatable bonds is 5. The van der Waals surface area contributed by atoms with Crippen LogP contribution in [0.5, 0.6) is 0 Å². The maximum absolute atomic E-state index is 11.1. The van der Waals surface area contributed by atoms with E-state index in [-0.39, 0.29) is 5.97 Å². The first kappa shape index (κ1) is 12.2. The van der Waals surface area contributed by atoms with Crippen molar-refractivity contribution in [3.8, 4) is 0 Å². The minimum atomic E-state index is -0.155. The molecule has 0 atom stereocenters. The Bertz CT molecular complexity index is 180. The maximum atomic E-state index is 11.1. The Kier molecular flexibility index (Phi) is 5.39. The monoisotopic (exact) mass is 186 g/mol. The number of hydrogen-bond acceptors (Lipinski definition) is 2. The van der Waals surface area contributed by atoms with Gasteiger partial charge in [-0.25, -0.2) is 0 Å². The molecule has 3 heteroatoms. The van der Waals surface area contributed by atoms with E-state index in [2.05, 4.69) is 0 Å². The van der Waals surface area contributed by atoms with Crippen LogP contribution < -0.4 is 0 Å². The maximum Gasteiger partial charge on any atom is 0.313 e. The van der Waals surface area contributed by atoms with Crippen molar-refractivity contribution in [2.45, 2.75) is 19.8 Å². The molecule has 0 aromatic rings. The van der Waals surface area contributed by atoms with E-state index >= 15 is 0 Å². The molecule has 3 nitrogen and oxygen atoms in total. The van der Waals surface area contributed by atoms with Crippen molar-refractivity contribution in [1.82, 2.24) is 0 Å². The Hall–Kier alpha value is -0.830. The van der Waals surface area contributed by atoms with Crippen LogP contribution in [0.3, 0.4) is 0 Å². The first-order valence-electron chi connectivity index (χ1n) is 4.57. The smallest absolute Gasteiger partial charge is 0.313 e. The predicted octanol–water partition coefficient (Wildman–Crippen LogP) is 1.55. The van der Waals surface area contributed by atoms with Crippen LogP contribution in [0.15, 0.2) is 12.2 Å². The Balaban J connectivity index is 3.58. The number of ether oxygens (including phenoxy) is 1. The van der Waals surface area contributed by atoms with Crippen LogP contribution in [0.4, 0.5) is 0 Å². The molecule has 0 aromatic heterocycles. The lowest BCUT2D eigenvalue weighted by Gasteiger charge is -2.22. The Labute approximate surface area is 80.6 Å². The summed E-state index contributed by atoms with van der Waals surface area (Å²) >= 11 is 0. The van der Waals surface area contributed by atoms with Crippen LogP contribution in [0.1, 0.15) is 19.8 Å². The fraction of sp³-hybridized carbons (Fsp3) is 0.700. The molecule has 0 unspecified atom stereocenters. The van der Waals surface area contributed by atoms with Crippen molar-refractivity contribution < 1.29 is 14.0 Å². The molecule has 0 rings (SSSR count). The molecule has 0 aliphatic carbocycles. The molecule has 0 saturated heterocycles. The van der Waals surface area contributed by atoms with Gasteiger partial charge in [0.1, 0.15) is 0 Å². The lowest BCUT2D eigenvalue weighted by atomic mass is 10.3. The van der Waals surface area contributed by atoms with E-state index in [0.29, 0.717) is 17.6 Å². The first-order chi connectivity index (χ1) is 5.95. The second-order valence-electron chi connectivity index (χ2n) is 4.02. The molecule has 0 aliphatic rings. The molecule has 0 spiro atoms. The Morgan fingerprint density at radius 3 is 2.38 bits per heavy atom. The quantitative estimate of drug-likeness (QED) is 0.282. The summed E-state index contributed by atoms with van der Waals surface area (Å²) in [5.74, 6) is -0.155. The molecular weight excluding hydrogens is 166 g/mol. The van der Waals surface area contributed by atoms with Crippen molar-refractivity contribution in [2.24, 2.45) is 0 Å². The number of carbonyl (C=O) groups excluding carboxylic acids is 1. The van der Waals surface area contributed by atoms with Gasteiger partial charge in [0.05, 0.1) is 27.6 Å². The van der Waals surface area contributed by atoms with E-state index in [1.165, 1.54) is 0 Å². The van der Waals surface area contributed by atoms with Gasteiger partial charge in [-0.1, -0.05) is 19.1 Å². The van der Waals surface area contributed by atoms with E-state index in [0.717, 1.165) is 6.42 Å². The largest absolute Gasteiger partial charge is 0.415 e. The topological polar surface area (TPSA) is 26.3 Å². The summed E-state index contributed by atoms with van der Waals surface area (Å²) < 4.78 is 5.68. The molecule has 0 radical (unpaired) electrons. The highest BCUT2D eigenvalue weighted by atomic mass is 16.5. The van der Waals surface area contributed by atoms with E-state index in [9.17, 15) is 4.79 Å². The van der Waals surface area contributed by atoms with Crippen molar-refractivity contribution in [3.63, 3.8) is 0 Å². The molecule has 0 saturated carbocycles. The fourth-order valence-electron chi connectivity index (χ4n) is 0.671. The van der Waals surface area contributed by atoms with Gasteiger partial charge in [0.15, 0.2) is 0 Å². The minimum absolute atomic E-state index is 0.155. The zero-order valence-corrected chi connectivity index (χ0v) is 9.04. The second-order valence-corrected chi connectivity index (χ2v) is 4.02. The predicted molar refractivity (Wildman–Crippen MR) is 53.0 cm³/mol. The van der Waals surface area contributed by atoms with Crippen LogP contribution in [0.25, 0.3) is 0 Å². The highest BCUT2D eigenvalue weighted by Crippen LogP contribution is 1.95. The Morgan fingerprint density at radius 1 is 1.31 bits per heavy atom. The van der Waals surface area contributed by atoms with Gasteiger partial charge in [0.2, 0.25) is 6.73 Å². The third-order valence-corrected chi connectivity index (χ3v) is 1.30. The number of nitrogens with zero attached hydrogens (tertiary/aromatic N) is 1. The molecule has 0 N–H and O–H groups in total. The molecule has 0 fully saturated rings. The lowest BCUT2D eigenvalue weighted by Crippen LogP contribution is -2.37. The Morgan fingerprint density at radius 2 is 1.92 bits per heavy atom. The van der Waals surface area contributed by atoms with E-state index in [4.69, 9.17) is 4.74 Å². The summed E-state index contributed by atoms with van der Waals surface area (Å²) in [6, 6.07) is 0.